The van der Waals surface area contributed by atoms with E-state index in [-0.39, 0.29) is 42.6 Å². The lowest BCUT2D eigenvalue weighted by Gasteiger charge is -2.39. The maximum Gasteiger partial charge on any atom is 0.461 e. The zero-order chi connectivity index (χ0) is 35.3. The van der Waals surface area contributed by atoms with E-state index in [0.29, 0.717) is 49.0 Å². The van der Waals surface area contributed by atoms with E-state index in [0.717, 1.165) is 44.9 Å². The molecule has 0 radical (unpaired) electrons. The average molecular weight is 711 g/mol. The molecule has 0 amide bonds. The molecular weight excluding hydrogens is 667 g/mol. The first-order chi connectivity index (χ1) is 23.3. The fourth-order valence-electron chi connectivity index (χ4n) is 7.55. The number of hydrogen-bond donors (Lipinski definition) is 0. The Balaban J connectivity index is 1.08. The summed E-state index contributed by atoms with van der Waals surface area (Å²) in [5.74, 6) is -7.25. The Kier molecular flexibility index (Phi) is 12.4. The van der Waals surface area contributed by atoms with Crippen LogP contribution in [-0.2, 0) is 9.47 Å². The first-order valence-electron chi connectivity index (χ1n) is 17.2. The van der Waals surface area contributed by atoms with Gasteiger partial charge in [0.2, 0.25) is 0 Å². The summed E-state index contributed by atoms with van der Waals surface area (Å²) in [4.78, 5) is 0. The Bertz CT molecular complexity index is 1340. The molecular formula is C36H43F9O4. The minimum absolute atomic E-state index is 0.0506. The van der Waals surface area contributed by atoms with Crippen LogP contribution in [0.25, 0.3) is 0 Å². The summed E-state index contributed by atoms with van der Waals surface area (Å²) in [6, 6.07) is 5.57. The van der Waals surface area contributed by atoms with Gasteiger partial charge in [0.25, 0.3) is 0 Å². The van der Waals surface area contributed by atoms with Crippen molar-refractivity contribution in [2.45, 2.75) is 115 Å². The SMILES string of the molecule is CCCCCC1COC(c2ccc(C3CCC(C4CCC(C(F)(F)Oc5cc(F)c(OC(F)(F)C(F)F)c(F)c5)CC4)CC3)c(F)c2)OC1. The number of unbranched alkanes of at least 4 members (excludes halogenated alkanes) is 2. The zero-order valence-electron chi connectivity index (χ0n) is 27.4. The Morgan fingerprint density at radius 1 is 0.755 bits per heavy atom. The quantitative estimate of drug-likeness (QED) is 0.153. The number of ether oxygens (including phenoxy) is 4. The van der Waals surface area contributed by atoms with Gasteiger partial charge in [0.15, 0.2) is 23.7 Å². The molecule has 0 aromatic heterocycles. The standard InChI is InChI=1S/C36H43F9O4/c1-2-3-4-5-21-19-46-33(47-20-21)25-12-15-28(29(37)16-25)24-8-6-22(7-9-24)23-10-13-26(14-11-23)35(42,43)48-27-17-30(38)32(31(39)18-27)49-36(44,45)34(40)41/h12,15-18,21-24,26,33-34H,2-11,13-14,19-20H2,1H3. The molecule has 1 aliphatic heterocycles. The van der Waals surface area contributed by atoms with Crippen LogP contribution in [0.1, 0.15) is 107 Å². The van der Waals surface area contributed by atoms with Crippen LogP contribution in [0.2, 0.25) is 0 Å². The van der Waals surface area contributed by atoms with Crippen molar-refractivity contribution in [1.29, 1.82) is 0 Å². The number of halogens is 9. The van der Waals surface area contributed by atoms with Crippen LogP contribution in [0, 0.1) is 41.1 Å². The third-order valence-corrected chi connectivity index (χ3v) is 10.3. The van der Waals surface area contributed by atoms with Crippen molar-refractivity contribution >= 4 is 0 Å². The lowest BCUT2D eigenvalue weighted by atomic mass is 9.68. The second-order valence-electron chi connectivity index (χ2n) is 13.7. The highest BCUT2D eigenvalue weighted by atomic mass is 19.3. The zero-order valence-corrected chi connectivity index (χ0v) is 27.4. The van der Waals surface area contributed by atoms with Gasteiger partial charge in [-0.3, -0.25) is 0 Å². The molecule has 4 nitrogen and oxygen atoms in total. The summed E-state index contributed by atoms with van der Waals surface area (Å²) in [5, 5.41) is 0. The van der Waals surface area contributed by atoms with Crippen molar-refractivity contribution in [3.63, 3.8) is 0 Å². The second-order valence-corrected chi connectivity index (χ2v) is 13.7. The molecule has 3 fully saturated rings. The van der Waals surface area contributed by atoms with Gasteiger partial charge in [0.05, 0.1) is 19.1 Å². The van der Waals surface area contributed by atoms with Gasteiger partial charge in [-0.2, -0.15) is 26.3 Å². The molecule has 1 heterocycles. The smallest absolute Gasteiger partial charge is 0.432 e. The van der Waals surface area contributed by atoms with E-state index < -0.39 is 54.0 Å². The first kappa shape index (κ1) is 37.6. The Labute approximate surface area is 280 Å². The number of rotatable bonds is 13. The maximum absolute atomic E-state index is 15.3. The summed E-state index contributed by atoms with van der Waals surface area (Å²) >= 11 is 0. The van der Waals surface area contributed by atoms with Gasteiger partial charge in [-0.15, -0.1) is 0 Å². The summed E-state index contributed by atoms with van der Waals surface area (Å²) in [7, 11) is 0. The largest absolute Gasteiger partial charge is 0.461 e. The Morgan fingerprint density at radius 3 is 1.90 bits per heavy atom. The topological polar surface area (TPSA) is 36.9 Å². The van der Waals surface area contributed by atoms with E-state index in [1.807, 2.05) is 12.1 Å². The highest BCUT2D eigenvalue weighted by molar-refractivity contribution is 5.35. The minimum atomic E-state index is -5.19. The lowest BCUT2D eigenvalue weighted by molar-refractivity contribution is -0.255. The van der Waals surface area contributed by atoms with Crippen molar-refractivity contribution in [3.8, 4) is 11.5 Å². The van der Waals surface area contributed by atoms with E-state index in [4.69, 9.17) is 9.47 Å². The van der Waals surface area contributed by atoms with E-state index in [1.165, 1.54) is 12.5 Å². The molecule has 5 rings (SSSR count). The fraction of sp³-hybridized carbons (Fsp3) is 0.667. The summed E-state index contributed by atoms with van der Waals surface area (Å²) in [6.07, 6.45) is -5.06. The van der Waals surface area contributed by atoms with Gasteiger partial charge >= 0.3 is 18.6 Å². The number of alkyl halides is 6. The van der Waals surface area contributed by atoms with Gasteiger partial charge < -0.3 is 18.9 Å². The molecule has 2 aromatic carbocycles. The van der Waals surface area contributed by atoms with Crippen molar-refractivity contribution < 1.29 is 58.5 Å². The summed E-state index contributed by atoms with van der Waals surface area (Å²) in [6.45, 7) is 3.35. The van der Waals surface area contributed by atoms with E-state index in [9.17, 15) is 26.3 Å². The van der Waals surface area contributed by atoms with Crippen LogP contribution in [0.15, 0.2) is 30.3 Å². The lowest BCUT2D eigenvalue weighted by Crippen LogP contribution is -2.38. The molecule has 0 bridgehead atoms. The molecule has 13 heteroatoms. The molecule has 2 saturated carbocycles. The normalized spacial score (nSPS) is 26.9. The summed E-state index contributed by atoms with van der Waals surface area (Å²) in [5.41, 5.74) is 1.32. The second kappa shape index (κ2) is 16.1. The van der Waals surface area contributed by atoms with E-state index in [1.54, 1.807) is 0 Å². The van der Waals surface area contributed by atoms with Crippen LogP contribution in [0.3, 0.4) is 0 Å². The van der Waals surface area contributed by atoms with Crippen LogP contribution >= 0.6 is 0 Å². The van der Waals surface area contributed by atoms with Gasteiger partial charge in [-0.25, -0.2) is 13.2 Å². The van der Waals surface area contributed by atoms with Gasteiger partial charge in [-0.05, 0) is 87.2 Å². The molecule has 0 N–H and O–H groups in total. The third kappa shape index (κ3) is 9.36. The van der Waals surface area contributed by atoms with Gasteiger partial charge in [0.1, 0.15) is 11.6 Å². The van der Waals surface area contributed by atoms with E-state index >= 15 is 13.2 Å². The highest BCUT2D eigenvalue weighted by Gasteiger charge is 2.47. The Morgan fingerprint density at radius 2 is 1.35 bits per heavy atom. The van der Waals surface area contributed by atoms with Crippen LogP contribution in [0.4, 0.5) is 39.5 Å². The van der Waals surface area contributed by atoms with E-state index in [2.05, 4.69) is 16.4 Å². The summed E-state index contributed by atoms with van der Waals surface area (Å²) < 4.78 is 145. The molecule has 1 saturated heterocycles. The third-order valence-electron chi connectivity index (χ3n) is 10.3. The van der Waals surface area contributed by atoms with Crippen LogP contribution in [0.5, 0.6) is 11.5 Å². The number of benzene rings is 2. The molecule has 0 unspecified atom stereocenters. The van der Waals surface area contributed by atoms with Crippen molar-refractivity contribution in [2.24, 2.45) is 23.7 Å². The molecule has 0 spiro atoms. The van der Waals surface area contributed by atoms with Crippen LogP contribution in [-0.4, -0.2) is 31.9 Å². The van der Waals surface area contributed by atoms with Crippen molar-refractivity contribution in [3.05, 3.63) is 58.9 Å². The molecule has 0 atom stereocenters. The minimum Gasteiger partial charge on any atom is -0.432 e. The average Bonchev–Trinajstić information content (AvgIpc) is 3.07. The van der Waals surface area contributed by atoms with Gasteiger partial charge in [0, 0.05) is 23.6 Å². The molecule has 2 aliphatic carbocycles. The van der Waals surface area contributed by atoms with Crippen molar-refractivity contribution in [1.82, 2.24) is 0 Å². The molecule has 274 valence electrons. The van der Waals surface area contributed by atoms with Crippen molar-refractivity contribution in [2.75, 3.05) is 13.2 Å². The first-order valence-corrected chi connectivity index (χ1v) is 17.2. The predicted molar refractivity (Wildman–Crippen MR) is 162 cm³/mol. The number of hydrogen-bond acceptors (Lipinski definition) is 4. The molecule has 3 aliphatic rings. The van der Waals surface area contributed by atoms with Gasteiger partial charge in [-0.1, -0.05) is 38.3 Å². The molecule has 2 aromatic rings. The highest BCUT2D eigenvalue weighted by Crippen LogP contribution is 2.48. The van der Waals surface area contributed by atoms with Crippen LogP contribution < -0.4 is 9.47 Å². The Hall–Kier alpha value is -2.67. The predicted octanol–water partition coefficient (Wildman–Crippen LogP) is 11.3. The fourth-order valence-corrected chi connectivity index (χ4v) is 7.55. The maximum atomic E-state index is 15.3. The molecule has 49 heavy (non-hydrogen) atoms. The monoisotopic (exact) mass is 710 g/mol.